The molecule has 1 aromatic carbocycles. The largest absolute Gasteiger partial charge is 0.325 e. The second kappa shape index (κ2) is 6.28. The van der Waals surface area contributed by atoms with Gasteiger partial charge in [0.25, 0.3) is 5.91 Å². The van der Waals surface area contributed by atoms with Crippen LogP contribution in [0.15, 0.2) is 18.2 Å². The van der Waals surface area contributed by atoms with Crippen molar-refractivity contribution in [2.24, 2.45) is 0 Å². The summed E-state index contributed by atoms with van der Waals surface area (Å²) in [5, 5.41) is 2.89. The Bertz CT molecular complexity index is 732. The quantitative estimate of drug-likeness (QED) is 0.679. The third kappa shape index (κ3) is 2.86. The van der Waals surface area contributed by atoms with E-state index in [4.69, 9.17) is 0 Å². The number of fused-ring (bicyclic) bond motifs is 1. The number of urea groups is 1. The van der Waals surface area contributed by atoms with Crippen LogP contribution in [-0.2, 0) is 17.6 Å². The Balaban J connectivity index is 1.51. The maximum atomic E-state index is 12.9. The smallest absolute Gasteiger partial charge is 0.323 e. The summed E-state index contributed by atoms with van der Waals surface area (Å²) < 4.78 is 0. The predicted octanol–water partition coefficient (Wildman–Crippen LogP) is 3.00. The normalized spacial score (nSPS) is 22.0. The van der Waals surface area contributed by atoms with Crippen molar-refractivity contribution in [2.45, 2.75) is 63.3 Å². The van der Waals surface area contributed by atoms with Gasteiger partial charge in [0.2, 0.25) is 0 Å². The number of aryl methyl sites for hydroxylation is 2. The lowest BCUT2D eigenvalue weighted by Gasteiger charge is -2.24. The molecule has 1 saturated heterocycles. The van der Waals surface area contributed by atoms with Gasteiger partial charge >= 0.3 is 6.03 Å². The lowest BCUT2D eigenvalue weighted by molar-refractivity contribution is -0.131. The molecule has 3 aliphatic rings. The van der Waals surface area contributed by atoms with Crippen molar-refractivity contribution in [3.05, 3.63) is 34.9 Å². The van der Waals surface area contributed by atoms with Crippen molar-refractivity contribution in [1.29, 1.82) is 0 Å². The summed E-state index contributed by atoms with van der Waals surface area (Å²) in [6, 6.07) is 5.35. The van der Waals surface area contributed by atoms with Crippen molar-refractivity contribution in [1.82, 2.24) is 10.2 Å². The highest BCUT2D eigenvalue weighted by Crippen LogP contribution is 2.33. The minimum atomic E-state index is -0.772. The van der Waals surface area contributed by atoms with Gasteiger partial charge in [-0.1, -0.05) is 37.8 Å². The summed E-state index contributed by atoms with van der Waals surface area (Å²) >= 11 is 0. The Kier molecular flexibility index (Phi) is 4.10. The summed E-state index contributed by atoms with van der Waals surface area (Å²) in [6.45, 7) is -0.162. The number of hydrogen-bond donors (Lipinski definition) is 1. The zero-order chi connectivity index (χ0) is 17.4. The molecule has 1 aliphatic heterocycles. The van der Waals surface area contributed by atoms with Crippen LogP contribution >= 0.6 is 0 Å². The fraction of sp³-hybridized carbons (Fsp3) is 0.550. The molecule has 0 unspecified atom stereocenters. The number of amides is 3. The number of carbonyl (C=O) groups is 3. The van der Waals surface area contributed by atoms with E-state index in [2.05, 4.69) is 5.32 Å². The summed E-state index contributed by atoms with van der Waals surface area (Å²) in [6.07, 6.45) is 8.64. The molecule has 1 N–H and O–H groups in total. The van der Waals surface area contributed by atoms with Crippen molar-refractivity contribution < 1.29 is 14.4 Å². The Morgan fingerprint density at radius 3 is 2.48 bits per heavy atom. The van der Waals surface area contributed by atoms with Gasteiger partial charge in [0, 0.05) is 5.56 Å². The number of Topliss-reactive ketones (excluding diaryl/α,β-unsaturated/α-hetero) is 1. The number of nitrogens with zero attached hydrogens (tertiary/aromatic N) is 1. The topological polar surface area (TPSA) is 66.5 Å². The van der Waals surface area contributed by atoms with Gasteiger partial charge < -0.3 is 5.32 Å². The molecule has 5 nitrogen and oxygen atoms in total. The molecule has 132 valence electrons. The number of nitrogens with one attached hydrogen (secondary N) is 1. The third-order valence-corrected chi connectivity index (χ3v) is 5.93. The molecule has 1 saturated carbocycles. The lowest BCUT2D eigenvalue weighted by Crippen LogP contribution is -2.46. The molecule has 0 radical (unpaired) electrons. The van der Waals surface area contributed by atoms with Crippen LogP contribution in [-0.4, -0.2) is 34.7 Å². The Morgan fingerprint density at radius 2 is 1.72 bits per heavy atom. The lowest BCUT2D eigenvalue weighted by atomic mass is 9.90. The Labute approximate surface area is 147 Å². The molecule has 0 aromatic heterocycles. The summed E-state index contributed by atoms with van der Waals surface area (Å²) in [4.78, 5) is 39.0. The van der Waals surface area contributed by atoms with Gasteiger partial charge in [-0.3, -0.25) is 14.5 Å². The maximum absolute atomic E-state index is 12.9. The van der Waals surface area contributed by atoms with Crippen LogP contribution in [0.4, 0.5) is 4.79 Å². The molecule has 0 bridgehead atoms. The van der Waals surface area contributed by atoms with Crippen molar-refractivity contribution >= 4 is 17.7 Å². The van der Waals surface area contributed by atoms with E-state index in [1.807, 2.05) is 18.2 Å². The number of carbonyl (C=O) groups excluding carboxylic acids is 3. The van der Waals surface area contributed by atoms with Gasteiger partial charge in [-0.2, -0.15) is 0 Å². The summed E-state index contributed by atoms with van der Waals surface area (Å²) in [5.74, 6) is -0.377. The molecule has 2 aliphatic carbocycles. The van der Waals surface area contributed by atoms with Crippen LogP contribution in [0, 0.1) is 0 Å². The average Bonchev–Trinajstić information content (AvgIpc) is 3.06. The zero-order valence-electron chi connectivity index (χ0n) is 14.5. The monoisotopic (exact) mass is 340 g/mol. The first-order chi connectivity index (χ1) is 12.1. The van der Waals surface area contributed by atoms with E-state index in [1.165, 1.54) is 11.1 Å². The first-order valence-corrected chi connectivity index (χ1v) is 9.38. The van der Waals surface area contributed by atoms with E-state index in [-0.39, 0.29) is 18.2 Å². The molecular weight excluding hydrogens is 316 g/mol. The predicted molar refractivity (Wildman–Crippen MR) is 93.5 cm³/mol. The van der Waals surface area contributed by atoms with Crippen LogP contribution in [0.25, 0.3) is 0 Å². The molecule has 2 fully saturated rings. The second-order valence-corrected chi connectivity index (χ2v) is 7.58. The summed E-state index contributed by atoms with van der Waals surface area (Å²) in [7, 11) is 0. The maximum Gasteiger partial charge on any atom is 0.325 e. The van der Waals surface area contributed by atoms with Gasteiger partial charge in [0.05, 0.1) is 6.54 Å². The first-order valence-electron chi connectivity index (χ1n) is 9.38. The van der Waals surface area contributed by atoms with Gasteiger partial charge in [-0.25, -0.2) is 4.79 Å². The van der Waals surface area contributed by atoms with Crippen molar-refractivity contribution in [3.8, 4) is 0 Å². The molecule has 25 heavy (non-hydrogen) atoms. The van der Waals surface area contributed by atoms with Crippen LogP contribution < -0.4 is 5.32 Å². The minimum Gasteiger partial charge on any atom is -0.323 e. The fourth-order valence-electron chi connectivity index (χ4n) is 4.47. The number of benzene rings is 1. The second-order valence-electron chi connectivity index (χ2n) is 7.58. The van der Waals surface area contributed by atoms with Gasteiger partial charge in [-0.05, 0) is 49.3 Å². The van der Waals surface area contributed by atoms with Crippen LogP contribution in [0.1, 0.15) is 66.4 Å². The Hall–Kier alpha value is -2.17. The van der Waals surface area contributed by atoms with Gasteiger partial charge in [0.15, 0.2) is 5.78 Å². The molecule has 0 atom stereocenters. The molecule has 4 rings (SSSR count). The fourth-order valence-corrected chi connectivity index (χ4v) is 4.47. The van der Waals surface area contributed by atoms with Crippen LogP contribution in [0.5, 0.6) is 0 Å². The van der Waals surface area contributed by atoms with E-state index in [0.717, 1.165) is 49.8 Å². The highest BCUT2D eigenvalue weighted by atomic mass is 16.2. The standard InChI is InChI=1S/C20H24N2O3/c23-17(16-9-8-14-6-5-7-15(14)12-16)13-22-18(24)20(21-19(22)25)10-3-1-2-4-11-20/h8-9,12H,1-7,10-11,13H2,(H,21,25). The molecular formula is C20H24N2O3. The van der Waals surface area contributed by atoms with E-state index >= 15 is 0 Å². The van der Waals surface area contributed by atoms with Crippen molar-refractivity contribution in [3.63, 3.8) is 0 Å². The van der Waals surface area contributed by atoms with Gasteiger partial charge in [0.1, 0.15) is 5.54 Å². The van der Waals surface area contributed by atoms with E-state index in [9.17, 15) is 14.4 Å². The number of ketones is 1. The van der Waals surface area contributed by atoms with Crippen LogP contribution in [0.2, 0.25) is 0 Å². The van der Waals surface area contributed by atoms with Gasteiger partial charge in [-0.15, -0.1) is 0 Å². The number of imide groups is 1. The number of rotatable bonds is 3. The number of hydrogen-bond acceptors (Lipinski definition) is 3. The molecule has 1 heterocycles. The van der Waals surface area contributed by atoms with Crippen molar-refractivity contribution in [2.75, 3.05) is 6.54 Å². The van der Waals surface area contributed by atoms with E-state index in [1.54, 1.807) is 0 Å². The molecule has 5 heteroatoms. The highest BCUT2D eigenvalue weighted by molar-refractivity contribution is 6.11. The van der Waals surface area contributed by atoms with E-state index < -0.39 is 11.6 Å². The van der Waals surface area contributed by atoms with Crippen LogP contribution in [0.3, 0.4) is 0 Å². The average molecular weight is 340 g/mol. The summed E-state index contributed by atoms with van der Waals surface area (Å²) in [5.41, 5.74) is 2.36. The molecule has 1 spiro atoms. The Morgan fingerprint density at radius 1 is 1.00 bits per heavy atom. The SMILES string of the molecule is O=C(CN1C(=O)NC2(CCCCCC2)C1=O)c1ccc2c(c1)CCC2. The highest BCUT2D eigenvalue weighted by Gasteiger charge is 2.51. The first kappa shape index (κ1) is 16.3. The minimum absolute atomic E-state index is 0.162. The zero-order valence-corrected chi connectivity index (χ0v) is 14.5. The molecule has 1 aromatic rings. The molecule has 3 amide bonds. The van der Waals surface area contributed by atoms with E-state index in [0.29, 0.717) is 18.4 Å². The third-order valence-electron chi connectivity index (χ3n) is 5.93.